The fourth-order valence-electron chi connectivity index (χ4n) is 2.23. The SMILES string of the molecule is CCCNC(Cc1c(Br)c(C)nn1C)c1csc(Br)c1. The standard InChI is InChI=1S/C14H19Br2N3S/c1-4-5-17-11(10-6-13(15)20-8-10)7-12-14(16)9(2)18-19(12)3/h6,8,11,17H,4-5,7H2,1-3H3. The normalized spacial score (nSPS) is 12.8. The van der Waals surface area contributed by atoms with Crippen LogP contribution in [0.25, 0.3) is 0 Å². The van der Waals surface area contributed by atoms with E-state index in [1.165, 1.54) is 15.0 Å². The van der Waals surface area contributed by atoms with Crippen LogP contribution in [-0.4, -0.2) is 16.3 Å². The number of halogens is 2. The highest BCUT2D eigenvalue weighted by atomic mass is 79.9. The maximum atomic E-state index is 4.48. The van der Waals surface area contributed by atoms with E-state index < -0.39 is 0 Å². The third kappa shape index (κ3) is 3.72. The molecule has 2 heterocycles. The van der Waals surface area contributed by atoms with Crippen LogP contribution < -0.4 is 5.32 Å². The van der Waals surface area contributed by atoms with Crippen LogP contribution in [0, 0.1) is 6.92 Å². The Morgan fingerprint density at radius 2 is 2.20 bits per heavy atom. The Morgan fingerprint density at radius 3 is 2.70 bits per heavy atom. The fourth-order valence-corrected chi connectivity index (χ4v) is 3.96. The Labute approximate surface area is 141 Å². The van der Waals surface area contributed by atoms with Crippen molar-refractivity contribution in [2.24, 2.45) is 7.05 Å². The van der Waals surface area contributed by atoms with Crippen molar-refractivity contribution in [2.45, 2.75) is 32.7 Å². The lowest BCUT2D eigenvalue weighted by Gasteiger charge is -2.18. The average molecular weight is 421 g/mol. The summed E-state index contributed by atoms with van der Waals surface area (Å²) in [6, 6.07) is 2.53. The molecule has 0 radical (unpaired) electrons. The zero-order valence-electron chi connectivity index (χ0n) is 11.9. The molecule has 20 heavy (non-hydrogen) atoms. The third-order valence-electron chi connectivity index (χ3n) is 3.29. The molecule has 0 aliphatic heterocycles. The van der Waals surface area contributed by atoms with Gasteiger partial charge in [-0.3, -0.25) is 4.68 Å². The lowest BCUT2D eigenvalue weighted by Crippen LogP contribution is -2.24. The predicted molar refractivity (Wildman–Crippen MR) is 92.4 cm³/mol. The Hall–Kier alpha value is -0.170. The summed E-state index contributed by atoms with van der Waals surface area (Å²) >= 11 is 8.94. The van der Waals surface area contributed by atoms with Gasteiger partial charge in [-0.1, -0.05) is 6.92 Å². The summed E-state index contributed by atoms with van der Waals surface area (Å²) in [7, 11) is 2.01. The maximum Gasteiger partial charge on any atom is 0.0738 e. The minimum Gasteiger partial charge on any atom is -0.310 e. The number of thiophene rings is 1. The number of nitrogens with zero attached hydrogens (tertiary/aromatic N) is 2. The van der Waals surface area contributed by atoms with E-state index >= 15 is 0 Å². The third-order valence-corrected chi connectivity index (χ3v) is 5.84. The van der Waals surface area contributed by atoms with Crippen molar-refractivity contribution in [3.63, 3.8) is 0 Å². The van der Waals surface area contributed by atoms with Crippen molar-refractivity contribution >= 4 is 43.2 Å². The van der Waals surface area contributed by atoms with E-state index in [9.17, 15) is 0 Å². The van der Waals surface area contributed by atoms with Crippen molar-refractivity contribution in [2.75, 3.05) is 6.54 Å². The molecule has 0 aromatic carbocycles. The smallest absolute Gasteiger partial charge is 0.0738 e. The molecule has 1 unspecified atom stereocenters. The molecular formula is C14H19Br2N3S. The maximum absolute atomic E-state index is 4.48. The van der Waals surface area contributed by atoms with Gasteiger partial charge in [0, 0.05) is 19.5 Å². The number of aromatic nitrogens is 2. The molecule has 0 saturated carbocycles. The van der Waals surface area contributed by atoms with E-state index in [4.69, 9.17) is 0 Å². The Bertz CT molecular complexity index is 577. The molecule has 2 rings (SSSR count). The second-order valence-electron chi connectivity index (χ2n) is 4.86. The highest BCUT2D eigenvalue weighted by molar-refractivity contribution is 9.11. The molecule has 0 saturated heterocycles. The highest BCUT2D eigenvalue weighted by Crippen LogP contribution is 2.30. The van der Waals surface area contributed by atoms with Gasteiger partial charge in [0.25, 0.3) is 0 Å². The lowest BCUT2D eigenvalue weighted by molar-refractivity contribution is 0.512. The summed E-state index contributed by atoms with van der Waals surface area (Å²) in [6.07, 6.45) is 2.06. The predicted octanol–water partition coefficient (Wildman–Crippen LogP) is 4.60. The van der Waals surface area contributed by atoms with Gasteiger partial charge in [0.15, 0.2) is 0 Å². The quantitative estimate of drug-likeness (QED) is 0.739. The minimum absolute atomic E-state index is 0.323. The van der Waals surface area contributed by atoms with E-state index in [1.807, 2.05) is 18.7 Å². The van der Waals surface area contributed by atoms with Crippen LogP contribution >= 0.6 is 43.2 Å². The van der Waals surface area contributed by atoms with Gasteiger partial charge < -0.3 is 5.32 Å². The molecule has 2 aromatic rings. The zero-order chi connectivity index (χ0) is 14.7. The Kier molecular flexibility index (Phi) is 5.84. The van der Waals surface area contributed by atoms with Gasteiger partial charge in [-0.25, -0.2) is 0 Å². The summed E-state index contributed by atoms with van der Waals surface area (Å²) in [5.41, 5.74) is 3.61. The van der Waals surface area contributed by atoms with Gasteiger partial charge in [-0.2, -0.15) is 5.10 Å². The van der Waals surface area contributed by atoms with Gasteiger partial charge in [0.1, 0.15) is 0 Å². The molecular weight excluding hydrogens is 402 g/mol. The van der Waals surface area contributed by atoms with Crippen molar-refractivity contribution in [1.29, 1.82) is 0 Å². The van der Waals surface area contributed by atoms with Crippen LogP contribution in [0.5, 0.6) is 0 Å². The van der Waals surface area contributed by atoms with E-state index in [0.29, 0.717) is 6.04 Å². The van der Waals surface area contributed by atoms with Gasteiger partial charge in [0.2, 0.25) is 0 Å². The second-order valence-corrected chi connectivity index (χ2v) is 7.95. The van der Waals surface area contributed by atoms with Crippen LogP contribution in [0.4, 0.5) is 0 Å². The molecule has 6 heteroatoms. The topological polar surface area (TPSA) is 29.9 Å². The van der Waals surface area contributed by atoms with Gasteiger partial charge in [-0.15, -0.1) is 11.3 Å². The second kappa shape index (κ2) is 7.20. The lowest BCUT2D eigenvalue weighted by atomic mass is 10.0. The van der Waals surface area contributed by atoms with Crippen LogP contribution in [0.3, 0.4) is 0 Å². The number of hydrogen-bond acceptors (Lipinski definition) is 3. The minimum atomic E-state index is 0.323. The van der Waals surface area contributed by atoms with Crippen LogP contribution in [-0.2, 0) is 13.5 Å². The monoisotopic (exact) mass is 419 g/mol. The van der Waals surface area contributed by atoms with E-state index in [0.717, 1.165) is 29.6 Å². The molecule has 1 N–H and O–H groups in total. The Morgan fingerprint density at radius 1 is 1.45 bits per heavy atom. The first-order valence-electron chi connectivity index (χ1n) is 6.68. The van der Waals surface area contributed by atoms with Crippen molar-refractivity contribution in [1.82, 2.24) is 15.1 Å². The Balaban J connectivity index is 2.23. The summed E-state index contributed by atoms with van der Waals surface area (Å²) in [4.78, 5) is 0. The van der Waals surface area contributed by atoms with Crippen molar-refractivity contribution in [3.05, 3.63) is 36.7 Å². The summed E-state index contributed by atoms with van der Waals surface area (Å²) in [5, 5.41) is 10.3. The molecule has 0 spiro atoms. The van der Waals surface area contributed by atoms with E-state index in [-0.39, 0.29) is 0 Å². The number of nitrogens with one attached hydrogen (secondary N) is 1. The van der Waals surface area contributed by atoms with Gasteiger partial charge in [-0.05, 0) is 68.8 Å². The molecule has 0 fully saturated rings. The molecule has 110 valence electrons. The van der Waals surface area contributed by atoms with Gasteiger partial charge >= 0.3 is 0 Å². The first-order valence-corrected chi connectivity index (χ1v) is 9.14. The van der Waals surface area contributed by atoms with Crippen molar-refractivity contribution < 1.29 is 0 Å². The van der Waals surface area contributed by atoms with E-state index in [1.54, 1.807) is 11.3 Å². The molecule has 0 aliphatic carbocycles. The molecule has 3 nitrogen and oxygen atoms in total. The highest BCUT2D eigenvalue weighted by Gasteiger charge is 2.18. The largest absolute Gasteiger partial charge is 0.310 e. The fraction of sp³-hybridized carbons (Fsp3) is 0.500. The van der Waals surface area contributed by atoms with E-state index in [2.05, 4.69) is 60.6 Å². The summed E-state index contributed by atoms with van der Waals surface area (Å²) in [5.74, 6) is 0. The number of hydrogen-bond donors (Lipinski definition) is 1. The number of aryl methyl sites for hydroxylation is 2. The zero-order valence-corrected chi connectivity index (χ0v) is 15.9. The molecule has 0 aliphatic rings. The average Bonchev–Trinajstić information content (AvgIpc) is 2.93. The van der Waals surface area contributed by atoms with Crippen molar-refractivity contribution in [3.8, 4) is 0 Å². The number of rotatable bonds is 6. The summed E-state index contributed by atoms with van der Waals surface area (Å²) < 4.78 is 4.27. The molecule has 0 bridgehead atoms. The molecule has 2 aromatic heterocycles. The van der Waals surface area contributed by atoms with Crippen LogP contribution in [0.1, 0.15) is 36.3 Å². The first-order chi connectivity index (χ1) is 9.52. The summed E-state index contributed by atoms with van der Waals surface area (Å²) in [6.45, 7) is 5.24. The molecule has 1 atom stereocenters. The van der Waals surface area contributed by atoms with Crippen LogP contribution in [0.15, 0.2) is 19.7 Å². The van der Waals surface area contributed by atoms with Gasteiger partial charge in [0.05, 0.1) is 19.6 Å². The first kappa shape index (κ1) is 16.2. The molecule has 0 amide bonds. The van der Waals surface area contributed by atoms with Crippen LogP contribution in [0.2, 0.25) is 0 Å².